The standard InChI is InChI=1S/C21H17N3O3S/c1-3-11-24-17-10-9-16(20(26)27-4-2)12-18(17)28-21(24)23-19(25)15-7-5-14(13-22)6-8-15/h3,5-10,12H,1,4,11H2,2H3. The summed E-state index contributed by atoms with van der Waals surface area (Å²) >= 11 is 1.31. The van der Waals surface area contributed by atoms with E-state index in [0.29, 0.717) is 34.6 Å². The maximum Gasteiger partial charge on any atom is 0.338 e. The highest BCUT2D eigenvalue weighted by Crippen LogP contribution is 2.20. The third kappa shape index (κ3) is 3.92. The van der Waals surface area contributed by atoms with Gasteiger partial charge in [-0.2, -0.15) is 10.3 Å². The van der Waals surface area contributed by atoms with E-state index in [9.17, 15) is 9.59 Å². The Morgan fingerprint density at radius 2 is 1.96 bits per heavy atom. The summed E-state index contributed by atoms with van der Waals surface area (Å²) in [6.45, 7) is 6.29. The minimum absolute atomic E-state index is 0.303. The average molecular weight is 391 g/mol. The monoisotopic (exact) mass is 391 g/mol. The van der Waals surface area contributed by atoms with E-state index < -0.39 is 5.91 Å². The van der Waals surface area contributed by atoms with E-state index in [2.05, 4.69) is 11.6 Å². The average Bonchev–Trinajstić information content (AvgIpc) is 3.04. The van der Waals surface area contributed by atoms with Crippen molar-refractivity contribution in [1.29, 1.82) is 5.26 Å². The van der Waals surface area contributed by atoms with Crippen LogP contribution in [0.4, 0.5) is 0 Å². The first kappa shape index (κ1) is 19.3. The number of aromatic nitrogens is 1. The van der Waals surface area contributed by atoms with Crippen molar-refractivity contribution in [3.05, 3.63) is 76.6 Å². The lowest BCUT2D eigenvalue weighted by molar-refractivity contribution is 0.0526. The van der Waals surface area contributed by atoms with E-state index in [1.54, 1.807) is 49.4 Å². The molecule has 0 aliphatic carbocycles. The van der Waals surface area contributed by atoms with E-state index in [1.807, 2.05) is 16.7 Å². The molecule has 0 spiro atoms. The van der Waals surface area contributed by atoms with Crippen molar-refractivity contribution >= 4 is 33.4 Å². The molecule has 0 fully saturated rings. The number of carbonyl (C=O) groups excluding carboxylic acids is 2. The molecule has 28 heavy (non-hydrogen) atoms. The van der Waals surface area contributed by atoms with Crippen molar-refractivity contribution in [3.63, 3.8) is 0 Å². The molecule has 0 unspecified atom stereocenters. The number of nitriles is 1. The highest BCUT2D eigenvalue weighted by atomic mass is 32.1. The number of amides is 1. The summed E-state index contributed by atoms with van der Waals surface area (Å²) in [6.07, 6.45) is 1.72. The van der Waals surface area contributed by atoms with E-state index in [0.717, 1.165) is 10.2 Å². The Labute approximate surface area is 165 Å². The summed E-state index contributed by atoms with van der Waals surface area (Å²) in [5.74, 6) is -0.792. The lowest BCUT2D eigenvalue weighted by Crippen LogP contribution is -2.16. The van der Waals surface area contributed by atoms with Crippen molar-refractivity contribution in [2.75, 3.05) is 6.61 Å². The maximum atomic E-state index is 12.6. The number of esters is 1. The van der Waals surface area contributed by atoms with Gasteiger partial charge in [-0.1, -0.05) is 17.4 Å². The zero-order chi connectivity index (χ0) is 20.1. The number of carbonyl (C=O) groups is 2. The fourth-order valence-corrected chi connectivity index (χ4v) is 3.72. The van der Waals surface area contributed by atoms with Crippen LogP contribution in [0.2, 0.25) is 0 Å². The van der Waals surface area contributed by atoms with Gasteiger partial charge in [0.15, 0.2) is 4.80 Å². The molecule has 0 saturated carbocycles. The predicted molar refractivity (Wildman–Crippen MR) is 107 cm³/mol. The Kier molecular flexibility index (Phi) is 5.82. The van der Waals surface area contributed by atoms with E-state index in [-0.39, 0.29) is 5.97 Å². The van der Waals surface area contributed by atoms with Crippen LogP contribution >= 0.6 is 11.3 Å². The number of thiazole rings is 1. The molecule has 0 saturated heterocycles. The SMILES string of the molecule is C=CCn1c(=NC(=O)c2ccc(C#N)cc2)sc2cc(C(=O)OCC)ccc21. The van der Waals surface area contributed by atoms with Crippen LogP contribution < -0.4 is 4.80 Å². The zero-order valence-electron chi connectivity index (χ0n) is 15.2. The second kappa shape index (κ2) is 8.46. The summed E-state index contributed by atoms with van der Waals surface area (Å²) in [4.78, 5) is 29.3. The molecule has 3 aromatic rings. The van der Waals surface area contributed by atoms with Crippen LogP contribution in [0.5, 0.6) is 0 Å². The third-order valence-electron chi connectivity index (χ3n) is 3.96. The molecule has 3 rings (SSSR count). The largest absolute Gasteiger partial charge is 0.462 e. The van der Waals surface area contributed by atoms with Crippen LogP contribution in [0.3, 0.4) is 0 Å². The lowest BCUT2D eigenvalue weighted by Gasteiger charge is -2.03. The quantitative estimate of drug-likeness (QED) is 0.491. The molecule has 0 aliphatic rings. The van der Waals surface area contributed by atoms with E-state index >= 15 is 0 Å². The maximum absolute atomic E-state index is 12.6. The second-order valence-corrected chi connectivity index (χ2v) is 6.80. The summed E-state index contributed by atoms with van der Waals surface area (Å²) in [5, 5.41) is 8.87. The second-order valence-electron chi connectivity index (χ2n) is 5.79. The number of ether oxygens (including phenoxy) is 1. The van der Waals surface area contributed by atoms with Crippen molar-refractivity contribution in [1.82, 2.24) is 4.57 Å². The zero-order valence-corrected chi connectivity index (χ0v) is 16.0. The first-order valence-electron chi connectivity index (χ1n) is 8.58. The molecule has 0 atom stereocenters. The first-order chi connectivity index (χ1) is 13.6. The number of hydrogen-bond donors (Lipinski definition) is 0. The normalized spacial score (nSPS) is 11.2. The smallest absolute Gasteiger partial charge is 0.338 e. The first-order valence-corrected chi connectivity index (χ1v) is 9.39. The topological polar surface area (TPSA) is 84.5 Å². The fourth-order valence-electron chi connectivity index (χ4n) is 2.64. The van der Waals surface area contributed by atoms with E-state index in [4.69, 9.17) is 10.00 Å². The number of nitrogens with zero attached hydrogens (tertiary/aromatic N) is 3. The molecular formula is C21H17N3O3S. The number of allylic oxidation sites excluding steroid dienone is 1. The number of hydrogen-bond acceptors (Lipinski definition) is 5. The Bertz CT molecular complexity index is 1160. The van der Waals surface area contributed by atoms with Gasteiger partial charge in [0.2, 0.25) is 0 Å². The van der Waals surface area contributed by atoms with Crippen LogP contribution in [0.15, 0.2) is 60.1 Å². The lowest BCUT2D eigenvalue weighted by atomic mass is 10.1. The minimum Gasteiger partial charge on any atom is -0.462 e. The third-order valence-corrected chi connectivity index (χ3v) is 5.00. The Balaban J connectivity index is 2.07. The van der Waals surface area contributed by atoms with Crippen molar-refractivity contribution in [2.24, 2.45) is 4.99 Å². The molecule has 0 N–H and O–H groups in total. The van der Waals surface area contributed by atoms with Gasteiger partial charge in [-0.25, -0.2) is 4.79 Å². The van der Waals surface area contributed by atoms with Gasteiger partial charge in [0.1, 0.15) is 0 Å². The van der Waals surface area contributed by atoms with Crippen LogP contribution in [0, 0.1) is 11.3 Å². The number of fused-ring (bicyclic) bond motifs is 1. The van der Waals surface area contributed by atoms with Gasteiger partial charge in [-0.3, -0.25) is 4.79 Å². The van der Waals surface area contributed by atoms with Crippen molar-refractivity contribution in [3.8, 4) is 6.07 Å². The summed E-state index contributed by atoms with van der Waals surface area (Å²) in [5.41, 5.74) is 2.18. The van der Waals surface area contributed by atoms with Crippen molar-refractivity contribution in [2.45, 2.75) is 13.5 Å². The molecule has 1 amide bonds. The van der Waals surface area contributed by atoms with Crippen LogP contribution in [-0.2, 0) is 11.3 Å². The molecule has 140 valence electrons. The highest BCUT2D eigenvalue weighted by Gasteiger charge is 2.12. The molecule has 1 aromatic heterocycles. The number of benzene rings is 2. The van der Waals surface area contributed by atoms with Gasteiger partial charge in [0.25, 0.3) is 5.91 Å². The van der Waals surface area contributed by atoms with E-state index in [1.165, 1.54) is 11.3 Å². The number of rotatable bonds is 5. The highest BCUT2D eigenvalue weighted by molar-refractivity contribution is 7.16. The summed E-state index contributed by atoms with van der Waals surface area (Å²) in [7, 11) is 0. The Morgan fingerprint density at radius 1 is 1.25 bits per heavy atom. The molecule has 6 nitrogen and oxygen atoms in total. The predicted octanol–water partition coefficient (Wildman–Crippen LogP) is 3.68. The van der Waals surface area contributed by atoms with Gasteiger partial charge in [-0.05, 0) is 49.4 Å². The van der Waals surface area contributed by atoms with Gasteiger partial charge in [0.05, 0.1) is 34.0 Å². The van der Waals surface area contributed by atoms with Gasteiger partial charge < -0.3 is 9.30 Å². The Morgan fingerprint density at radius 3 is 2.61 bits per heavy atom. The van der Waals surface area contributed by atoms with Crippen molar-refractivity contribution < 1.29 is 14.3 Å². The molecular weight excluding hydrogens is 374 g/mol. The van der Waals surface area contributed by atoms with Gasteiger partial charge in [0, 0.05) is 12.1 Å². The molecule has 7 heteroatoms. The fraction of sp³-hybridized carbons (Fsp3) is 0.143. The van der Waals surface area contributed by atoms with Crippen LogP contribution in [-0.4, -0.2) is 23.1 Å². The van der Waals surface area contributed by atoms with Gasteiger partial charge >= 0.3 is 5.97 Å². The molecule has 0 radical (unpaired) electrons. The minimum atomic E-state index is -0.403. The Hall–Kier alpha value is -3.50. The molecule has 1 heterocycles. The van der Waals surface area contributed by atoms with Crippen LogP contribution in [0.25, 0.3) is 10.2 Å². The summed E-state index contributed by atoms with van der Waals surface area (Å²) < 4.78 is 7.73. The summed E-state index contributed by atoms with van der Waals surface area (Å²) in [6, 6.07) is 13.6. The molecule has 0 aliphatic heterocycles. The van der Waals surface area contributed by atoms with Crippen LogP contribution in [0.1, 0.15) is 33.2 Å². The molecule has 2 aromatic carbocycles. The van der Waals surface area contributed by atoms with Gasteiger partial charge in [-0.15, -0.1) is 6.58 Å². The molecule has 0 bridgehead atoms.